The van der Waals surface area contributed by atoms with E-state index in [0.717, 1.165) is 0 Å². The van der Waals surface area contributed by atoms with E-state index in [1.807, 2.05) is 6.92 Å². The zero-order valence-corrected chi connectivity index (χ0v) is 13.6. The third-order valence-corrected chi connectivity index (χ3v) is 4.53. The summed E-state index contributed by atoms with van der Waals surface area (Å²) in [5.41, 5.74) is -0.178. The van der Waals surface area contributed by atoms with Crippen molar-refractivity contribution in [2.24, 2.45) is 0 Å². The van der Waals surface area contributed by atoms with Gasteiger partial charge in [-0.2, -0.15) is 0 Å². The van der Waals surface area contributed by atoms with Gasteiger partial charge in [-0.1, -0.05) is 25.5 Å². The zero-order chi connectivity index (χ0) is 18.3. The van der Waals surface area contributed by atoms with Crippen LogP contribution in [0.2, 0.25) is 0 Å². The average molecular weight is 346 g/mol. The number of aliphatic carboxylic acids is 1. The van der Waals surface area contributed by atoms with E-state index >= 15 is 0 Å². The van der Waals surface area contributed by atoms with Gasteiger partial charge in [-0.05, 0) is 12.5 Å². The van der Waals surface area contributed by atoms with Crippen LogP contribution in [0.4, 0.5) is 0 Å². The molecule has 0 amide bonds. The molecule has 0 aromatic heterocycles. The number of carboxylic acid groups (broad SMARTS) is 1. The SMILES string of the molecule is CCC[C@H]1O[C@H](CC(=O)O)[C@H](O)C2=C1C(=O)c1c(O)cccc1C2=O. The summed E-state index contributed by atoms with van der Waals surface area (Å²) in [6, 6.07) is 4.16. The summed E-state index contributed by atoms with van der Waals surface area (Å²) < 4.78 is 5.65. The third kappa shape index (κ3) is 2.75. The molecule has 1 heterocycles. The fourth-order valence-corrected chi connectivity index (χ4v) is 3.45. The summed E-state index contributed by atoms with van der Waals surface area (Å²) in [6.45, 7) is 1.86. The van der Waals surface area contributed by atoms with E-state index in [0.29, 0.717) is 12.8 Å². The number of aromatic hydroxyl groups is 1. The number of rotatable bonds is 4. The van der Waals surface area contributed by atoms with Crippen molar-refractivity contribution in [3.05, 3.63) is 40.5 Å². The van der Waals surface area contributed by atoms with E-state index in [1.54, 1.807) is 0 Å². The van der Waals surface area contributed by atoms with Gasteiger partial charge >= 0.3 is 5.97 Å². The monoisotopic (exact) mass is 346 g/mol. The first-order chi connectivity index (χ1) is 11.9. The molecule has 25 heavy (non-hydrogen) atoms. The Balaban J connectivity index is 2.16. The molecule has 7 heteroatoms. The molecular formula is C18H18O7. The summed E-state index contributed by atoms with van der Waals surface area (Å²) in [7, 11) is 0. The number of fused-ring (bicyclic) bond motifs is 1. The summed E-state index contributed by atoms with van der Waals surface area (Å²) in [5, 5.41) is 29.5. The predicted molar refractivity (Wildman–Crippen MR) is 85.6 cm³/mol. The number of hydrogen-bond acceptors (Lipinski definition) is 6. The number of phenolic OH excluding ortho intramolecular Hbond substituents is 1. The number of benzene rings is 1. The predicted octanol–water partition coefficient (Wildman–Crippen LogP) is 1.47. The Morgan fingerprint density at radius 1 is 1.20 bits per heavy atom. The van der Waals surface area contributed by atoms with E-state index in [2.05, 4.69) is 0 Å². The van der Waals surface area contributed by atoms with Gasteiger partial charge in [0.15, 0.2) is 11.6 Å². The smallest absolute Gasteiger partial charge is 0.306 e. The van der Waals surface area contributed by atoms with Crippen molar-refractivity contribution in [1.29, 1.82) is 0 Å². The highest BCUT2D eigenvalue weighted by Gasteiger charge is 2.47. The fraction of sp³-hybridized carbons (Fsp3) is 0.389. The second kappa shape index (κ2) is 6.42. The molecule has 3 atom stereocenters. The Hall–Kier alpha value is -2.51. The maximum atomic E-state index is 12.9. The van der Waals surface area contributed by atoms with Gasteiger partial charge in [0.05, 0.1) is 24.2 Å². The summed E-state index contributed by atoms with van der Waals surface area (Å²) in [4.78, 5) is 36.8. The van der Waals surface area contributed by atoms with Crippen LogP contribution < -0.4 is 0 Å². The lowest BCUT2D eigenvalue weighted by atomic mass is 9.76. The van der Waals surface area contributed by atoms with Gasteiger partial charge in [0, 0.05) is 16.7 Å². The van der Waals surface area contributed by atoms with E-state index in [-0.39, 0.29) is 28.0 Å². The third-order valence-electron chi connectivity index (χ3n) is 4.53. The molecule has 3 rings (SSSR count). The summed E-state index contributed by atoms with van der Waals surface area (Å²) in [6.07, 6.45) is -2.87. The summed E-state index contributed by atoms with van der Waals surface area (Å²) in [5.74, 6) is -2.61. The Morgan fingerprint density at radius 2 is 1.92 bits per heavy atom. The fourth-order valence-electron chi connectivity index (χ4n) is 3.45. The maximum absolute atomic E-state index is 12.9. The number of carbonyl (C=O) groups is 3. The molecule has 132 valence electrons. The van der Waals surface area contributed by atoms with Crippen molar-refractivity contribution in [3.63, 3.8) is 0 Å². The first-order valence-corrected chi connectivity index (χ1v) is 8.07. The van der Waals surface area contributed by atoms with Crippen LogP contribution in [-0.2, 0) is 9.53 Å². The number of aliphatic hydroxyl groups excluding tert-OH is 1. The van der Waals surface area contributed by atoms with Crippen LogP contribution in [0.1, 0.15) is 46.9 Å². The van der Waals surface area contributed by atoms with E-state index in [1.165, 1.54) is 18.2 Å². The van der Waals surface area contributed by atoms with Crippen LogP contribution in [0.15, 0.2) is 29.3 Å². The van der Waals surface area contributed by atoms with Crippen LogP contribution in [0.3, 0.4) is 0 Å². The number of aliphatic hydroxyl groups is 1. The Labute approximate surface area is 143 Å². The number of carboxylic acids is 1. The van der Waals surface area contributed by atoms with Crippen molar-refractivity contribution in [2.45, 2.75) is 44.5 Å². The minimum Gasteiger partial charge on any atom is -0.507 e. The quantitative estimate of drug-likeness (QED) is 0.755. The molecule has 1 aliphatic carbocycles. The van der Waals surface area contributed by atoms with Crippen LogP contribution >= 0.6 is 0 Å². The largest absolute Gasteiger partial charge is 0.507 e. The normalized spacial score (nSPS) is 25.6. The molecule has 1 aromatic rings. The molecule has 0 fully saturated rings. The zero-order valence-electron chi connectivity index (χ0n) is 13.6. The molecule has 0 radical (unpaired) electrons. The van der Waals surface area contributed by atoms with Crippen molar-refractivity contribution in [3.8, 4) is 5.75 Å². The lowest BCUT2D eigenvalue weighted by molar-refractivity contribution is -0.145. The Kier molecular flexibility index (Phi) is 4.45. The van der Waals surface area contributed by atoms with Crippen molar-refractivity contribution in [2.75, 3.05) is 0 Å². The Bertz CT molecular complexity index is 793. The van der Waals surface area contributed by atoms with E-state index in [9.17, 15) is 24.6 Å². The van der Waals surface area contributed by atoms with Crippen LogP contribution in [0.5, 0.6) is 5.75 Å². The van der Waals surface area contributed by atoms with Crippen LogP contribution in [-0.4, -0.2) is 51.2 Å². The van der Waals surface area contributed by atoms with Gasteiger partial charge in [-0.25, -0.2) is 0 Å². The van der Waals surface area contributed by atoms with Crippen LogP contribution in [0, 0.1) is 0 Å². The number of carbonyl (C=O) groups excluding carboxylic acids is 2. The van der Waals surface area contributed by atoms with Gasteiger partial charge in [-0.3, -0.25) is 14.4 Å². The highest BCUT2D eigenvalue weighted by atomic mass is 16.5. The molecule has 7 nitrogen and oxygen atoms in total. The molecule has 2 aliphatic rings. The summed E-state index contributed by atoms with van der Waals surface area (Å²) >= 11 is 0. The van der Waals surface area contributed by atoms with E-state index in [4.69, 9.17) is 9.84 Å². The number of hydrogen-bond donors (Lipinski definition) is 3. The van der Waals surface area contributed by atoms with E-state index < -0.39 is 42.3 Å². The van der Waals surface area contributed by atoms with Gasteiger partial charge < -0.3 is 20.1 Å². The molecule has 1 aromatic carbocycles. The Morgan fingerprint density at radius 3 is 2.56 bits per heavy atom. The highest BCUT2D eigenvalue weighted by Crippen LogP contribution is 2.40. The minimum absolute atomic E-state index is 0.00836. The second-order valence-electron chi connectivity index (χ2n) is 6.18. The van der Waals surface area contributed by atoms with Crippen LogP contribution in [0.25, 0.3) is 0 Å². The molecule has 0 saturated heterocycles. The van der Waals surface area contributed by atoms with Crippen molar-refractivity contribution in [1.82, 2.24) is 0 Å². The number of ketones is 2. The first kappa shape index (κ1) is 17.3. The molecule has 0 saturated carbocycles. The van der Waals surface area contributed by atoms with Gasteiger partial charge in [0.1, 0.15) is 11.9 Å². The lowest BCUT2D eigenvalue weighted by Gasteiger charge is -2.38. The highest BCUT2D eigenvalue weighted by molar-refractivity contribution is 6.28. The number of Topliss-reactive ketones (excluding diaryl/α,β-unsaturated/α-hetero) is 2. The standard InChI is InChI=1S/C18H18O7/c1-2-4-10-14-15(17(23)11(25-10)7-12(20)21)16(22)8-5-3-6-9(19)13(8)18(14)24/h3,5-6,10-11,17,19,23H,2,4,7H2,1H3,(H,20,21)/t10-,11-,17+/m1/s1. The number of phenols is 1. The lowest BCUT2D eigenvalue weighted by Crippen LogP contribution is -2.47. The molecule has 0 spiro atoms. The minimum atomic E-state index is -1.51. The van der Waals surface area contributed by atoms with Gasteiger partial charge in [0.25, 0.3) is 0 Å². The molecule has 1 aliphatic heterocycles. The van der Waals surface area contributed by atoms with Crippen molar-refractivity contribution < 1.29 is 34.4 Å². The topological polar surface area (TPSA) is 121 Å². The van der Waals surface area contributed by atoms with Gasteiger partial charge in [0.2, 0.25) is 0 Å². The van der Waals surface area contributed by atoms with Gasteiger partial charge in [-0.15, -0.1) is 0 Å². The molecule has 0 bridgehead atoms. The molecular weight excluding hydrogens is 328 g/mol. The van der Waals surface area contributed by atoms with Crippen molar-refractivity contribution >= 4 is 17.5 Å². The average Bonchev–Trinajstić information content (AvgIpc) is 2.55. The second-order valence-corrected chi connectivity index (χ2v) is 6.18. The maximum Gasteiger partial charge on any atom is 0.306 e. The first-order valence-electron chi connectivity index (χ1n) is 8.07. The molecule has 0 unspecified atom stereocenters. The number of ether oxygens (including phenoxy) is 1. The molecule has 3 N–H and O–H groups in total.